The number of pyridine rings is 1. The molecule has 1 heterocycles. The van der Waals surface area contributed by atoms with Crippen LogP contribution in [0.15, 0.2) is 65.7 Å². The van der Waals surface area contributed by atoms with Gasteiger partial charge in [0, 0.05) is 22.3 Å². The number of sulfonamides is 1. The van der Waals surface area contributed by atoms with Crippen molar-refractivity contribution in [2.24, 2.45) is 0 Å². The van der Waals surface area contributed by atoms with Crippen LogP contribution in [-0.2, 0) is 10.0 Å². The molecule has 1 N–H and O–H groups in total. The molecule has 4 nitrogen and oxygen atoms in total. The van der Waals surface area contributed by atoms with Crippen molar-refractivity contribution in [2.45, 2.75) is 4.90 Å². The fourth-order valence-corrected chi connectivity index (χ4v) is 3.34. The number of hydrogen-bond acceptors (Lipinski definition) is 3. The lowest BCUT2D eigenvalue weighted by molar-refractivity contribution is 0.601. The summed E-state index contributed by atoms with van der Waals surface area (Å²) in [6, 6.07) is 15.0. The summed E-state index contributed by atoms with van der Waals surface area (Å²) in [4.78, 5) is 4.32. The van der Waals surface area contributed by atoms with Gasteiger partial charge >= 0.3 is 0 Å². The minimum Gasteiger partial charge on any atom is -0.280 e. The lowest BCUT2D eigenvalue weighted by atomic mass is 10.2. The lowest BCUT2D eigenvalue weighted by Crippen LogP contribution is -2.12. The zero-order valence-electron chi connectivity index (χ0n) is 10.8. The molecule has 0 atom stereocenters. The van der Waals surface area contributed by atoms with Crippen LogP contribution in [0.4, 0.5) is 5.69 Å². The molecule has 6 heteroatoms. The molecule has 0 aliphatic rings. The van der Waals surface area contributed by atoms with Gasteiger partial charge in [-0.3, -0.25) is 9.71 Å². The van der Waals surface area contributed by atoms with Crippen molar-refractivity contribution in [3.63, 3.8) is 0 Å². The number of nitrogens with one attached hydrogen (secondary N) is 1. The summed E-state index contributed by atoms with van der Waals surface area (Å²) in [6.07, 6.45) is 1.69. The summed E-state index contributed by atoms with van der Waals surface area (Å²) >= 11 is 5.83. The Kier molecular flexibility index (Phi) is 3.53. The van der Waals surface area contributed by atoms with Gasteiger partial charge in [0.25, 0.3) is 10.0 Å². The zero-order chi connectivity index (χ0) is 14.9. The van der Waals surface area contributed by atoms with E-state index in [9.17, 15) is 8.42 Å². The van der Waals surface area contributed by atoms with Crippen LogP contribution in [0.3, 0.4) is 0 Å². The largest absolute Gasteiger partial charge is 0.280 e. The van der Waals surface area contributed by atoms with E-state index in [2.05, 4.69) is 9.71 Å². The molecular weight excluding hydrogens is 308 g/mol. The number of hydrogen-bond donors (Lipinski definition) is 1. The van der Waals surface area contributed by atoms with Gasteiger partial charge in [-0.05, 0) is 42.5 Å². The zero-order valence-corrected chi connectivity index (χ0v) is 12.4. The van der Waals surface area contributed by atoms with Gasteiger partial charge < -0.3 is 0 Å². The Morgan fingerprint density at radius 1 is 1.00 bits per heavy atom. The first kappa shape index (κ1) is 13.9. The number of halogens is 1. The third kappa shape index (κ3) is 2.99. The van der Waals surface area contributed by atoms with Crippen LogP contribution in [0, 0.1) is 0 Å². The van der Waals surface area contributed by atoms with Crippen molar-refractivity contribution in [1.82, 2.24) is 4.98 Å². The SMILES string of the molecule is O=S(=O)(Nc1ccc2ncccc2c1)c1cccc(Cl)c1. The summed E-state index contributed by atoms with van der Waals surface area (Å²) in [5.74, 6) is 0. The van der Waals surface area contributed by atoms with Crippen molar-refractivity contribution in [2.75, 3.05) is 4.72 Å². The molecule has 0 unspecified atom stereocenters. The molecule has 0 spiro atoms. The van der Waals surface area contributed by atoms with Gasteiger partial charge in [-0.15, -0.1) is 0 Å². The second-order valence-electron chi connectivity index (χ2n) is 4.47. The van der Waals surface area contributed by atoms with Crippen LogP contribution in [-0.4, -0.2) is 13.4 Å². The molecule has 0 aliphatic heterocycles. The third-order valence-corrected chi connectivity index (χ3v) is 4.58. The molecule has 0 fully saturated rings. The van der Waals surface area contributed by atoms with Gasteiger partial charge in [0.05, 0.1) is 10.4 Å². The van der Waals surface area contributed by atoms with E-state index in [1.165, 1.54) is 12.1 Å². The highest BCUT2D eigenvalue weighted by atomic mass is 35.5. The normalized spacial score (nSPS) is 11.5. The summed E-state index contributed by atoms with van der Waals surface area (Å²) in [6.45, 7) is 0. The highest BCUT2D eigenvalue weighted by Gasteiger charge is 2.14. The van der Waals surface area contributed by atoms with Crippen molar-refractivity contribution < 1.29 is 8.42 Å². The monoisotopic (exact) mass is 318 g/mol. The number of anilines is 1. The molecule has 0 saturated heterocycles. The minimum absolute atomic E-state index is 0.126. The minimum atomic E-state index is -3.66. The van der Waals surface area contributed by atoms with Gasteiger partial charge in [-0.2, -0.15) is 0 Å². The molecule has 0 saturated carbocycles. The van der Waals surface area contributed by atoms with Gasteiger partial charge in [0.1, 0.15) is 0 Å². The van der Waals surface area contributed by atoms with E-state index in [-0.39, 0.29) is 4.90 Å². The fourth-order valence-electron chi connectivity index (χ4n) is 1.99. The average Bonchev–Trinajstić information content (AvgIpc) is 2.47. The Morgan fingerprint density at radius 2 is 1.86 bits per heavy atom. The molecule has 106 valence electrons. The summed E-state index contributed by atoms with van der Waals surface area (Å²) in [5.41, 5.74) is 1.29. The highest BCUT2D eigenvalue weighted by Crippen LogP contribution is 2.22. The first-order chi connectivity index (χ1) is 10.0. The van der Waals surface area contributed by atoms with Crippen LogP contribution in [0.2, 0.25) is 5.02 Å². The molecule has 0 radical (unpaired) electrons. The fraction of sp³-hybridized carbons (Fsp3) is 0. The Bertz CT molecular complexity index is 910. The van der Waals surface area contributed by atoms with Crippen molar-refractivity contribution in [3.8, 4) is 0 Å². The standard InChI is InChI=1S/C15H11ClN2O2S/c16-12-4-1-5-14(10-12)21(19,20)18-13-6-7-15-11(9-13)3-2-8-17-15/h1-10,18H. The molecular formula is C15H11ClN2O2S. The Balaban J connectivity index is 1.97. The maximum Gasteiger partial charge on any atom is 0.261 e. The van der Waals surface area contributed by atoms with Crippen LogP contribution in [0.1, 0.15) is 0 Å². The van der Waals surface area contributed by atoms with Gasteiger partial charge in [0.15, 0.2) is 0 Å². The maximum absolute atomic E-state index is 12.3. The summed E-state index contributed by atoms with van der Waals surface area (Å²) in [5, 5.41) is 1.24. The van der Waals surface area contributed by atoms with E-state index in [1.807, 2.05) is 6.07 Å². The molecule has 3 aromatic rings. The average molecular weight is 319 g/mol. The number of fused-ring (bicyclic) bond motifs is 1. The number of aromatic nitrogens is 1. The van der Waals surface area contributed by atoms with Crippen molar-refractivity contribution >= 4 is 38.2 Å². The number of nitrogens with zero attached hydrogens (tertiary/aromatic N) is 1. The quantitative estimate of drug-likeness (QED) is 0.801. The molecule has 0 aliphatic carbocycles. The lowest BCUT2D eigenvalue weighted by Gasteiger charge is -2.09. The smallest absolute Gasteiger partial charge is 0.261 e. The van der Waals surface area contributed by atoms with Crippen molar-refractivity contribution in [3.05, 3.63) is 65.8 Å². The molecule has 1 aromatic heterocycles. The van der Waals surface area contributed by atoms with Crippen LogP contribution in [0.25, 0.3) is 10.9 Å². The maximum atomic E-state index is 12.3. The summed E-state index contributed by atoms with van der Waals surface area (Å²) < 4.78 is 27.1. The predicted octanol–water partition coefficient (Wildman–Crippen LogP) is 3.69. The van der Waals surface area contributed by atoms with E-state index in [1.54, 1.807) is 42.6 Å². The number of benzene rings is 2. The first-order valence-corrected chi connectivity index (χ1v) is 8.04. The van der Waals surface area contributed by atoms with Gasteiger partial charge in [-0.1, -0.05) is 23.7 Å². The highest BCUT2D eigenvalue weighted by molar-refractivity contribution is 7.92. The van der Waals surface area contributed by atoms with E-state index in [0.717, 1.165) is 10.9 Å². The first-order valence-electron chi connectivity index (χ1n) is 6.18. The Labute approximate surface area is 127 Å². The Morgan fingerprint density at radius 3 is 2.67 bits per heavy atom. The second-order valence-corrected chi connectivity index (χ2v) is 6.59. The van der Waals surface area contributed by atoms with E-state index >= 15 is 0 Å². The third-order valence-electron chi connectivity index (χ3n) is 2.96. The van der Waals surface area contributed by atoms with Gasteiger partial charge in [-0.25, -0.2) is 8.42 Å². The van der Waals surface area contributed by atoms with Crippen LogP contribution in [0.5, 0.6) is 0 Å². The van der Waals surface area contributed by atoms with Crippen molar-refractivity contribution in [1.29, 1.82) is 0 Å². The molecule has 3 rings (SSSR count). The molecule has 21 heavy (non-hydrogen) atoms. The van der Waals surface area contributed by atoms with E-state index in [0.29, 0.717) is 10.7 Å². The molecule has 2 aromatic carbocycles. The molecule has 0 bridgehead atoms. The Hall–Kier alpha value is -2.11. The predicted molar refractivity (Wildman–Crippen MR) is 84.0 cm³/mol. The van der Waals surface area contributed by atoms with E-state index in [4.69, 9.17) is 11.6 Å². The second kappa shape index (κ2) is 5.35. The molecule has 0 amide bonds. The topological polar surface area (TPSA) is 59.1 Å². The summed E-state index contributed by atoms with van der Waals surface area (Å²) in [7, 11) is -3.66. The van der Waals surface area contributed by atoms with Gasteiger partial charge in [0.2, 0.25) is 0 Å². The number of rotatable bonds is 3. The van der Waals surface area contributed by atoms with E-state index < -0.39 is 10.0 Å². The van der Waals surface area contributed by atoms with Crippen LogP contribution < -0.4 is 4.72 Å². The van der Waals surface area contributed by atoms with Crippen LogP contribution >= 0.6 is 11.6 Å².